The molecule has 1 fully saturated rings. The molecule has 21 heavy (non-hydrogen) atoms. The lowest BCUT2D eigenvalue weighted by Crippen LogP contribution is -2.46. The zero-order valence-corrected chi connectivity index (χ0v) is 12.9. The van der Waals surface area contributed by atoms with E-state index in [2.05, 4.69) is 51.9 Å². The van der Waals surface area contributed by atoms with E-state index < -0.39 is 0 Å². The highest BCUT2D eigenvalue weighted by Crippen LogP contribution is 2.14. The second kappa shape index (κ2) is 6.56. The monoisotopic (exact) mass is 288 g/mol. The van der Waals surface area contributed by atoms with E-state index in [1.165, 1.54) is 5.52 Å². The molecular weight excluding hydrogens is 264 g/mol. The highest BCUT2D eigenvalue weighted by Gasteiger charge is 2.18. The Morgan fingerprint density at radius 2 is 2.24 bits per heavy atom. The van der Waals surface area contributed by atoms with Crippen LogP contribution in [0.1, 0.15) is 12.7 Å². The second-order valence-corrected chi connectivity index (χ2v) is 5.59. The van der Waals surface area contributed by atoms with E-state index in [4.69, 9.17) is 4.74 Å². The molecule has 0 radical (unpaired) electrons. The number of para-hydroxylation sites is 2. The normalized spacial score (nSPS) is 20.2. The molecule has 0 aliphatic carbocycles. The number of rotatable bonds is 5. The standard InChI is InChI=1S/C16H24N4O/c1-3-20-8-9-21-13(12-20)10-17-11-16-18-14-6-4-5-7-15(14)19(16)2/h4-7,13,17H,3,8-12H2,1-2H3/t13-/m1/s1. The summed E-state index contributed by atoms with van der Waals surface area (Å²) in [4.78, 5) is 7.11. The number of aromatic nitrogens is 2. The molecule has 5 nitrogen and oxygen atoms in total. The molecule has 1 saturated heterocycles. The van der Waals surface area contributed by atoms with Crippen LogP contribution in [0.3, 0.4) is 0 Å². The fourth-order valence-corrected chi connectivity index (χ4v) is 2.89. The van der Waals surface area contributed by atoms with Gasteiger partial charge in [0, 0.05) is 26.7 Å². The Morgan fingerprint density at radius 1 is 1.38 bits per heavy atom. The highest BCUT2D eigenvalue weighted by molar-refractivity contribution is 5.75. The maximum atomic E-state index is 5.81. The van der Waals surface area contributed by atoms with Crippen LogP contribution in [0.15, 0.2) is 24.3 Å². The summed E-state index contributed by atoms with van der Waals surface area (Å²) >= 11 is 0. The number of hydrogen-bond acceptors (Lipinski definition) is 4. The quantitative estimate of drug-likeness (QED) is 0.903. The van der Waals surface area contributed by atoms with Crippen LogP contribution in [0.25, 0.3) is 11.0 Å². The van der Waals surface area contributed by atoms with E-state index in [-0.39, 0.29) is 6.10 Å². The number of likely N-dealkylation sites (N-methyl/N-ethyl adjacent to an activating group) is 1. The van der Waals surface area contributed by atoms with Crippen LogP contribution >= 0.6 is 0 Å². The van der Waals surface area contributed by atoms with E-state index in [1.54, 1.807) is 0 Å². The average molecular weight is 288 g/mol. The number of benzene rings is 1. The zero-order valence-electron chi connectivity index (χ0n) is 12.9. The van der Waals surface area contributed by atoms with E-state index in [1.807, 2.05) is 6.07 Å². The Balaban J connectivity index is 1.56. The molecule has 0 saturated carbocycles. The van der Waals surface area contributed by atoms with Crippen molar-refractivity contribution in [2.75, 3.05) is 32.8 Å². The summed E-state index contributed by atoms with van der Waals surface area (Å²) in [6.45, 7) is 7.87. The molecule has 1 aliphatic rings. The van der Waals surface area contributed by atoms with Gasteiger partial charge >= 0.3 is 0 Å². The summed E-state index contributed by atoms with van der Waals surface area (Å²) in [6.07, 6.45) is 0.286. The lowest BCUT2D eigenvalue weighted by Gasteiger charge is -2.32. The molecule has 1 N–H and O–H groups in total. The van der Waals surface area contributed by atoms with Gasteiger partial charge in [-0.3, -0.25) is 4.90 Å². The molecular formula is C16H24N4O. The third-order valence-corrected chi connectivity index (χ3v) is 4.21. The van der Waals surface area contributed by atoms with Gasteiger partial charge in [-0.1, -0.05) is 19.1 Å². The molecule has 2 heterocycles. The van der Waals surface area contributed by atoms with Crippen LogP contribution in [0.5, 0.6) is 0 Å². The lowest BCUT2D eigenvalue weighted by atomic mass is 10.2. The van der Waals surface area contributed by atoms with Gasteiger partial charge in [0.25, 0.3) is 0 Å². The Labute approximate surface area is 125 Å². The first-order chi connectivity index (χ1) is 10.3. The van der Waals surface area contributed by atoms with Gasteiger partial charge in [-0.05, 0) is 18.7 Å². The van der Waals surface area contributed by atoms with Crippen LogP contribution in [-0.4, -0.2) is 53.3 Å². The average Bonchev–Trinajstić information content (AvgIpc) is 2.84. The number of nitrogens with zero attached hydrogens (tertiary/aromatic N) is 3. The molecule has 1 aromatic heterocycles. The van der Waals surface area contributed by atoms with Gasteiger partial charge in [-0.2, -0.15) is 0 Å². The Kier molecular flexibility index (Phi) is 4.53. The van der Waals surface area contributed by atoms with E-state index >= 15 is 0 Å². The van der Waals surface area contributed by atoms with Crippen LogP contribution in [0.2, 0.25) is 0 Å². The molecule has 1 aromatic carbocycles. The molecule has 0 amide bonds. The maximum absolute atomic E-state index is 5.81. The van der Waals surface area contributed by atoms with Crippen molar-refractivity contribution in [3.8, 4) is 0 Å². The molecule has 0 spiro atoms. The van der Waals surface area contributed by atoms with Crippen molar-refractivity contribution < 1.29 is 4.74 Å². The van der Waals surface area contributed by atoms with Gasteiger partial charge in [0.05, 0.1) is 30.3 Å². The number of morpholine rings is 1. The van der Waals surface area contributed by atoms with Gasteiger partial charge in [-0.25, -0.2) is 4.98 Å². The first kappa shape index (κ1) is 14.5. The van der Waals surface area contributed by atoms with Gasteiger partial charge in [0.1, 0.15) is 5.82 Å². The second-order valence-electron chi connectivity index (χ2n) is 5.59. The summed E-state index contributed by atoms with van der Waals surface area (Å²) in [5.41, 5.74) is 2.24. The van der Waals surface area contributed by atoms with Crippen LogP contribution in [0.4, 0.5) is 0 Å². The first-order valence-corrected chi connectivity index (χ1v) is 7.73. The van der Waals surface area contributed by atoms with Crippen LogP contribution in [-0.2, 0) is 18.3 Å². The topological polar surface area (TPSA) is 42.3 Å². The Hall–Kier alpha value is -1.43. The molecule has 2 aromatic rings. The fourth-order valence-electron chi connectivity index (χ4n) is 2.89. The van der Waals surface area contributed by atoms with E-state index in [0.29, 0.717) is 0 Å². The Morgan fingerprint density at radius 3 is 3.05 bits per heavy atom. The number of ether oxygens (including phenoxy) is 1. The van der Waals surface area contributed by atoms with Gasteiger partial charge in [-0.15, -0.1) is 0 Å². The lowest BCUT2D eigenvalue weighted by molar-refractivity contribution is -0.0254. The molecule has 0 bridgehead atoms. The van der Waals surface area contributed by atoms with Crippen molar-refractivity contribution in [3.63, 3.8) is 0 Å². The molecule has 3 rings (SSSR count). The van der Waals surface area contributed by atoms with Crippen LogP contribution in [0, 0.1) is 0 Å². The van der Waals surface area contributed by atoms with Crippen molar-refractivity contribution >= 4 is 11.0 Å². The Bertz CT molecular complexity index is 595. The minimum absolute atomic E-state index is 0.286. The third-order valence-electron chi connectivity index (χ3n) is 4.21. The van der Waals surface area contributed by atoms with Crippen LogP contribution < -0.4 is 5.32 Å². The minimum atomic E-state index is 0.286. The smallest absolute Gasteiger partial charge is 0.123 e. The van der Waals surface area contributed by atoms with Gasteiger partial charge in [0.15, 0.2) is 0 Å². The van der Waals surface area contributed by atoms with Crippen molar-refractivity contribution in [3.05, 3.63) is 30.1 Å². The maximum Gasteiger partial charge on any atom is 0.123 e. The molecule has 0 unspecified atom stereocenters. The van der Waals surface area contributed by atoms with Crippen molar-refractivity contribution in [2.45, 2.75) is 19.6 Å². The zero-order chi connectivity index (χ0) is 14.7. The SMILES string of the molecule is CCN1CCO[C@H](CNCc2nc3ccccc3n2C)C1. The van der Waals surface area contributed by atoms with Crippen molar-refractivity contribution in [1.82, 2.24) is 19.8 Å². The molecule has 114 valence electrons. The summed E-state index contributed by atoms with van der Waals surface area (Å²) in [5.74, 6) is 1.07. The number of fused-ring (bicyclic) bond motifs is 1. The predicted molar refractivity (Wildman–Crippen MR) is 84.3 cm³/mol. The number of imidazole rings is 1. The first-order valence-electron chi connectivity index (χ1n) is 7.73. The molecule has 5 heteroatoms. The minimum Gasteiger partial charge on any atom is -0.374 e. The number of aryl methyl sites for hydroxylation is 1. The van der Waals surface area contributed by atoms with E-state index in [9.17, 15) is 0 Å². The summed E-state index contributed by atoms with van der Waals surface area (Å²) in [6, 6.07) is 8.25. The van der Waals surface area contributed by atoms with E-state index in [0.717, 1.165) is 50.7 Å². The van der Waals surface area contributed by atoms with Gasteiger partial charge < -0.3 is 14.6 Å². The number of hydrogen-bond donors (Lipinski definition) is 1. The summed E-state index contributed by atoms with van der Waals surface area (Å²) in [7, 11) is 2.07. The van der Waals surface area contributed by atoms with Crippen molar-refractivity contribution in [1.29, 1.82) is 0 Å². The highest BCUT2D eigenvalue weighted by atomic mass is 16.5. The predicted octanol–water partition coefficient (Wildman–Crippen LogP) is 1.38. The third kappa shape index (κ3) is 3.26. The summed E-state index contributed by atoms with van der Waals surface area (Å²) in [5, 5.41) is 3.48. The molecule has 1 aliphatic heterocycles. The number of nitrogens with one attached hydrogen (secondary N) is 1. The van der Waals surface area contributed by atoms with Gasteiger partial charge in [0.2, 0.25) is 0 Å². The van der Waals surface area contributed by atoms with Crippen molar-refractivity contribution in [2.24, 2.45) is 7.05 Å². The molecule has 1 atom stereocenters. The fraction of sp³-hybridized carbons (Fsp3) is 0.562. The summed E-state index contributed by atoms with van der Waals surface area (Å²) < 4.78 is 7.96. The largest absolute Gasteiger partial charge is 0.374 e.